The Kier molecular flexibility index (Phi) is 3.87. The summed E-state index contributed by atoms with van der Waals surface area (Å²) in [5.74, 6) is 0.442. The monoisotopic (exact) mass is 379 g/mol. The normalized spacial score (nSPS) is 32.2. The molecule has 0 aromatic rings. The van der Waals surface area contributed by atoms with Crippen molar-refractivity contribution in [1.29, 1.82) is 0 Å². The van der Waals surface area contributed by atoms with E-state index in [1.165, 1.54) is 0 Å². The van der Waals surface area contributed by atoms with Gasteiger partial charge in [-0.25, -0.2) is 0 Å². The van der Waals surface area contributed by atoms with Crippen LogP contribution in [-0.2, 0) is 4.79 Å². The minimum Gasteiger partial charge on any atom is -0.351 e. The highest BCUT2D eigenvalue weighted by Gasteiger charge is 2.27. The van der Waals surface area contributed by atoms with Crippen LogP contribution in [0.25, 0.3) is 0 Å². The first kappa shape index (κ1) is 10.0. The molecule has 1 amide bonds. The van der Waals surface area contributed by atoms with E-state index < -0.39 is 0 Å². The predicted octanol–water partition coefficient (Wildman–Crippen LogP) is 2.10. The van der Waals surface area contributed by atoms with E-state index in [4.69, 9.17) is 0 Å². The van der Waals surface area contributed by atoms with Gasteiger partial charge >= 0.3 is 0 Å². The summed E-state index contributed by atoms with van der Waals surface area (Å²) in [5, 5.41) is 3.01. The van der Waals surface area contributed by atoms with Crippen molar-refractivity contribution in [3.05, 3.63) is 0 Å². The second kappa shape index (κ2) is 4.25. The van der Waals surface area contributed by atoms with Gasteiger partial charge in [0.1, 0.15) is 0 Å². The first-order valence-electron chi connectivity index (χ1n) is 3.70. The van der Waals surface area contributed by atoms with E-state index in [0.29, 0.717) is 7.97 Å². The smallest absolute Gasteiger partial charge is 0.223 e. The number of halogens is 2. The Labute approximate surface area is 94.2 Å². The molecule has 64 valence electrons. The molecule has 0 unspecified atom stereocenters. The van der Waals surface area contributed by atoms with Crippen molar-refractivity contribution in [2.75, 3.05) is 0 Å². The van der Waals surface area contributed by atoms with Crippen molar-refractivity contribution in [2.45, 2.75) is 27.7 Å². The third kappa shape index (κ3) is 2.71. The van der Waals surface area contributed by atoms with Crippen LogP contribution in [0.15, 0.2) is 0 Å². The second-order valence-electron chi connectivity index (χ2n) is 2.93. The van der Waals surface area contributed by atoms with Crippen molar-refractivity contribution < 1.29 is 4.79 Å². The molecule has 1 heterocycles. The third-order valence-electron chi connectivity index (χ3n) is 1.99. The van der Waals surface area contributed by atoms with Gasteiger partial charge in [-0.05, 0) is 12.8 Å². The molecule has 2 nitrogen and oxygen atoms in total. The maximum absolute atomic E-state index is 11.2. The van der Waals surface area contributed by atoms with Crippen molar-refractivity contribution in [2.24, 2.45) is 5.92 Å². The van der Waals surface area contributed by atoms with Crippen LogP contribution < -0.4 is 5.32 Å². The van der Waals surface area contributed by atoms with Gasteiger partial charge in [0.25, 0.3) is 0 Å². The molecule has 1 rings (SSSR count). The lowest BCUT2D eigenvalue weighted by Crippen LogP contribution is -2.45. The van der Waals surface area contributed by atoms with E-state index in [1.54, 1.807) is 0 Å². The molecule has 0 bridgehead atoms. The lowest BCUT2D eigenvalue weighted by molar-refractivity contribution is -0.126. The zero-order valence-corrected chi connectivity index (χ0v) is 10.6. The van der Waals surface area contributed by atoms with Gasteiger partial charge in [0.2, 0.25) is 5.91 Å². The average Bonchev–Trinajstić information content (AvgIpc) is 1.94. The van der Waals surface area contributed by atoms with Gasteiger partial charge in [-0.3, -0.25) is 4.79 Å². The fraction of sp³-hybridized carbons (Fsp3) is 0.857. The first-order chi connectivity index (χ1) is 5.11. The zero-order valence-electron chi connectivity index (χ0n) is 6.31. The highest BCUT2D eigenvalue weighted by Crippen LogP contribution is 2.24. The summed E-state index contributed by atoms with van der Waals surface area (Å²) >= 11 is 4.70. The molecule has 11 heavy (non-hydrogen) atoms. The van der Waals surface area contributed by atoms with E-state index in [-0.39, 0.29) is 11.8 Å². The molecule has 0 aliphatic carbocycles. The predicted molar refractivity (Wildman–Crippen MR) is 62.2 cm³/mol. The van der Waals surface area contributed by atoms with Crippen LogP contribution in [0.4, 0.5) is 0 Å². The number of nitrogens with one attached hydrogen (secondary N) is 1. The van der Waals surface area contributed by atoms with Gasteiger partial charge in [0, 0.05) is 12.0 Å². The molecule has 1 saturated heterocycles. The maximum Gasteiger partial charge on any atom is 0.223 e. The molecule has 0 aromatic heterocycles. The van der Waals surface area contributed by atoms with Crippen molar-refractivity contribution in [3.8, 4) is 0 Å². The van der Waals surface area contributed by atoms with E-state index >= 15 is 0 Å². The van der Waals surface area contributed by atoms with Crippen molar-refractivity contribution in [1.82, 2.24) is 5.32 Å². The summed E-state index contributed by atoms with van der Waals surface area (Å²) in [6.45, 7) is 1.99. The highest BCUT2D eigenvalue weighted by molar-refractivity contribution is 14.2. The fourth-order valence-corrected chi connectivity index (χ4v) is 2.23. The van der Waals surface area contributed by atoms with Gasteiger partial charge < -0.3 is 5.32 Å². The second-order valence-corrected chi connectivity index (χ2v) is 8.00. The molecule has 2 atom stereocenters. The summed E-state index contributed by atoms with van der Waals surface area (Å²) in [7, 11) is 0. The lowest BCUT2D eigenvalue weighted by Gasteiger charge is -2.28. The summed E-state index contributed by atoms with van der Waals surface area (Å²) in [6, 6.07) is 0.389. The molecular weight excluding hydrogens is 368 g/mol. The Morgan fingerprint density at radius 3 is 2.64 bits per heavy atom. The summed E-state index contributed by atoms with van der Waals surface area (Å²) in [5.41, 5.74) is 0. The Balaban J connectivity index is 2.46. The van der Waals surface area contributed by atoms with Crippen LogP contribution in [0.3, 0.4) is 0 Å². The molecule has 1 aliphatic heterocycles. The molecule has 1 fully saturated rings. The number of rotatable bonds is 1. The standard InChI is InChI=1S/C7H11I2NO/c1-4-2-3-5(6(8)9)10-7(4)11/h4-6H,2-3H2,1H3,(H,10,11)/t4-,5+/m1/s1. The molecule has 4 heteroatoms. The van der Waals surface area contributed by atoms with Crippen molar-refractivity contribution in [3.63, 3.8) is 0 Å². The number of carbonyl (C=O) groups excluding carboxylic acids is 1. The maximum atomic E-state index is 11.2. The molecule has 0 radical (unpaired) electrons. The highest BCUT2D eigenvalue weighted by atomic mass is 127. The van der Waals surface area contributed by atoms with Crippen LogP contribution in [-0.4, -0.2) is 13.9 Å². The largest absolute Gasteiger partial charge is 0.351 e. The first-order valence-corrected chi connectivity index (χ1v) is 6.19. The number of carbonyl (C=O) groups is 1. The van der Waals surface area contributed by atoms with E-state index in [9.17, 15) is 4.79 Å². The Morgan fingerprint density at radius 2 is 2.18 bits per heavy atom. The van der Waals surface area contributed by atoms with Crippen LogP contribution in [0, 0.1) is 5.92 Å². The van der Waals surface area contributed by atoms with Gasteiger partial charge in [-0.2, -0.15) is 0 Å². The molecule has 1 N–H and O–H groups in total. The van der Waals surface area contributed by atoms with Gasteiger partial charge in [0.05, 0.1) is 1.93 Å². The molecular formula is C7H11I2NO. The summed E-state index contributed by atoms with van der Waals surface area (Å²) in [4.78, 5) is 11.2. The zero-order chi connectivity index (χ0) is 8.43. The minimum absolute atomic E-state index is 0.220. The Morgan fingerprint density at radius 1 is 1.55 bits per heavy atom. The number of amides is 1. The van der Waals surface area contributed by atoms with Gasteiger partial charge in [0.15, 0.2) is 0 Å². The van der Waals surface area contributed by atoms with E-state index in [2.05, 4.69) is 50.5 Å². The Bertz CT molecular complexity index is 161. The lowest BCUT2D eigenvalue weighted by atomic mass is 9.97. The van der Waals surface area contributed by atoms with Crippen LogP contribution in [0.5, 0.6) is 0 Å². The number of hydrogen-bond donors (Lipinski definition) is 1. The Hall–Kier alpha value is 0.930. The molecule has 0 aromatic carbocycles. The topological polar surface area (TPSA) is 29.1 Å². The van der Waals surface area contributed by atoms with Crippen molar-refractivity contribution >= 4 is 51.1 Å². The summed E-state index contributed by atoms with van der Waals surface area (Å²) in [6.07, 6.45) is 2.17. The average molecular weight is 379 g/mol. The SMILES string of the molecule is C[C@@H]1CC[C@@H](C(I)I)NC1=O. The molecule has 1 aliphatic rings. The van der Waals surface area contributed by atoms with Crippen LogP contribution in [0.2, 0.25) is 0 Å². The van der Waals surface area contributed by atoms with E-state index in [0.717, 1.165) is 12.8 Å². The van der Waals surface area contributed by atoms with Gasteiger partial charge in [-0.1, -0.05) is 52.1 Å². The minimum atomic E-state index is 0.220. The fourth-order valence-electron chi connectivity index (χ4n) is 1.15. The van der Waals surface area contributed by atoms with Crippen LogP contribution in [0.1, 0.15) is 19.8 Å². The van der Waals surface area contributed by atoms with E-state index in [1.807, 2.05) is 6.92 Å². The number of piperidine rings is 1. The number of alkyl halides is 2. The molecule has 0 saturated carbocycles. The number of hydrogen-bond acceptors (Lipinski definition) is 1. The molecule has 0 spiro atoms. The quantitative estimate of drug-likeness (QED) is 0.549. The van der Waals surface area contributed by atoms with Crippen LogP contribution >= 0.6 is 45.2 Å². The van der Waals surface area contributed by atoms with Gasteiger partial charge in [-0.15, -0.1) is 0 Å². The third-order valence-corrected chi connectivity index (χ3v) is 3.73. The summed E-state index contributed by atoms with van der Waals surface area (Å²) < 4.78 is 0.515.